The molecule has 5 atom stereocenters. The summed E-state index contributed by atoms with van der Waals surface area (Å²) in [5, 5.41) is 0. The van der Waals surface area contributed by atoms with Gasteiger partial charge in [0, 0.05) is 12.5 Å². The van der Waals surface area contributed by atoms with E-state index in [0.717, 1.165) is 12.8 Å². The Morgan fingerprint density at radius 2 is 2.00 bits per heavy atom. The molecule has 0 N–H and O–H groups in total. The molecule has 0 heterocycles. The van der Waals surface area contributed by atoms with Crippen LogP contribution in [0.1, 0.15) is 40.5 Å². The highest BCUT2D eigenvalue weighted by Gasteiger charge is 2.43. The second-order valence-electron chi connectivity index (χ2n) is 6.11. The topological polar surface area (TPSA) is 35.5 Å². The molecule has 2 rings (SSSR count). The fraction of sp³-hybridized carbons (Fsp3) is 0.812. The summed E-state index contributed by atoms with van der Waals surface area (Å²) in [6.07, 6.45) is 6.01. The summed E-state index contributed by atoms with van der Waals surface area (Å²) in [4.78, 5) is 12.7. The minimum Gasteiger partial charge on any atom is -0.353 e. The van der Waals surface area contributed by atoms with E-state index in [4.69, 9.17) is 9.47 Å². The third-order valence-electron chi connectivity index (χ3n) is 4.27. The monoisotopic (exact) mass is 266 g/mol. The van der Waals surface area contributed by atoms with Gasteiger partial charge >= 0.3 is 0 Å². The van der Waals surface area contributed by atoms with E-state index in [9.17, 15) is 4.79 Å². The molecule has 0 saturated heterocycles. The summed E-state index contributed by atoms with van der Waals surface area (Å²) in [5.41, 5.74) is 0. The van der Waals surface area contributed by atoms with Crippen molar-refractivity contribution in [2.24, 2.45) is 23.7 Å². The zero-order chi connectivity index (χ0) is 14.0. The van der Waals surface area contributed by atoms with Crippen LogP contribution in [0, 0.1) is 23.7 Å². The number of ether oxygens (including phenoxy) is 2. The number of carbonyl (C=O) groups excluding carboxylic acids is 1. The Morgan fingerprint density at radius 3 is 2.47 bits per heavy atom. The molecule has 2 aliphatic carbocycles. The average molecular weight is 266 g/mol. The Morgan fingerprint density at radius 1 is 1.26 bits per heavy atom. The van der Waals surface area contributed by atoms with Crippen molar-refractivity contribution >= 4 is 5.78 Å². The van der Waals surface area contributed by atoms with Crippen molar-refractivity contribution in [1.82, 2.24) is 0 Å². The first-order valence-electron chi connectivity index (χ1n) is 7.52. The first kappa shape index (κ1) is 14.7. The van der Waals surface area contributed by atoms with Crippen LogP contribution < -0.4 is 0 Å². The summed E-state index contributed by atoms with van der Waals surface area (Å²) >= 11 is 0. The summed E-state index contributed by atoms with van der Waals surface area (Å²) in [7, 11) is 0. The molecule has 1 fully saturated rings. The Kier molecular flexibility index (Phi) is 4.80. The molecular formula is C16H26O3. The number of fused-ring (bicyclic) bond motifs is 2. The second kappa shape index (κ2) is 6.19. The maximum absolute atomic E-state index is 12.7. The highest BCUT2D eigenvalue weighted by atomic mass is 16.7. The number of allylic oxidation sites excluding steroid dienone is 2. The lowest BCUT2D eigenvalue weighted by Crippen LogP contribution is -2.39. The summed E-state index contributed by atoms with van der Waals surface area (Å²) in [6.45, 7) is 8.51. The quantitative estimate of drug-likeness (QED) is 0.524. The highest BCUT2D eigenvalue weighted by molar-refractivity contribution is 5.86. The molecule has 19 heavy (non-hydrogen) atoms. The van der Waals surface area contributed by atoms with Gasteiger partial charge < -0.3 is 9.47 Å². The highest BCUT2D eigenvalue weighted by Crippen LogP contribution is 2.44. The molecule has 0 aliphatic heterocycles. The number of Topliss-reactive ketones (excluding diaryl/α,β-unsaturated/α-hetero) is 1. The Labute approximate surface area is 116 Å². The second-order valence-corrected chi connectivity index (χ2v) is 6.11. The van der Waals surface area contributed by atoms with Crippen LogP contribution in [0.4, 0.5) is 0 Å². The van der Waals surface area contributed by atoms with E-state index in [1.54, 1.807) is 0 Å². The van der Waals surface area contributed by atoms with Crippen molar-refractivity contribution in [1.29, 1.82) is 0 Å². The number of ketones is 1. The first-order valence-corrected chi connectivity index (χ1v) is 7.52. The van der Waals surface area contributed by atoms with Crippen molar-refractivity contribution in [2.45, 2.75) is 52.9 Å². The van der Waals surface area contributed by atoms with Gasteiger partial charge in [-0.1, -0.05) is 26.0 Å². The fourth-order valence-corrected chi connectivity index (χ4v) is 3.35. The predicted octanol–water partition coefficient (Wildman–Crippen LogP) is 3.19. The number of carbonyl (C=O) groups is 1. The van der Waals surface area contributed by atoms with Crippen LogP contribution in [0.2, 0.25) is 0 Å². The van der Waals surface area contributed by atoms with Gasteiger partial charge in [-0.05, 0) is 44.4 Å². The van der Waals surface area contributed by atoms with Gasteiger partial charge in [0.05, 0.1) is 0 Å². The third kappa shape index (κ3) is 3.26. The fourth-order valence-electron chi connectivity index (χ4n) is 3.35. The molecule has 0 spiro atoms. The molecule has 1 saturated carbocycles. The van der Waals surface area contributed by atoms with Crippen LogP contribution in [-0.4, -0.2) is 24.8 Å². The van der Waals surface area contributed by atoms with Gasteiger partial charge in [-0.3, -0.25) is 4.79 Å². The van der Waals surface area contributed by atoms with E-state index in [2.05, 4.69) is 12.2 Å². The summed E-state index contributed by atoms with van der Waals surface area (Å²) in [5.74, 6) is 1.70. The Hall–Kier alpha value is -0.670. The zero-order valence-electron chi connectivity index (χ0n) is 12.5. The maximum Gasteiger partial charge on any atom is 0.165 e. The molecule has 3 nitrogen and oxygen atoms in total. The number of rotatable bonds is 7. The molecule has 2 aliphatic rings. The van der Waals surface area contributed by atoms with Crippen LogP contribution in [-0.2, 0) is 14.3 Å². The van der Waals surface area contributed by atoms with E-state index in [1.807, 2.05) is 27.7 Å². The van der Waals surface area contributed by atoms with Crippen LogP contribution in [0.3, 0.4) is 0 Å². The lowest BCUT2D eigenvalue weighted by Gasteiger charge is -2.28. The van der Waals surface area contributed by atoms with Gasteiger partial charge in [-0.2, -0.15) is 0 Å². The summed E-state index contributed by atoms with van der Waals surface area (Å²) < 4.78 is 11.2. The minimum absolute atomic E-state index is 0.163. The van der Waals surface area contributed by atoms with Gasteiger partial charge in [-0.15, -0.1) is 0 Å². The molecule has 108 valence electrons. The molecule has 2 bridgehead atoms. The van der Waals surface area contributed by atoms with Crippen molar-refractivity contribution in [2.75, 3.05) is 6.61 Å². The van der Waals surface area contributed by atoms with E-state index < -0.39 is 0 Å². The van der Waals surface area contributed by atoms with Crippen LogP contribution in [0.25, 0.3) is 0 Å². The SMILES string of the molecule is CCOC(C)O[C@H](C(=O)[C@H]1C[C@H]2C=C[C@@H]1C2)C(C)C. The molecule has 3 heteroatoms. The predicted molar refractivity (Wildman–Crippen MR) is 74.7 cm³/mol. The van der Waals surface area contributed by atoms with Crippen LogP contribution in [0.15, 0.2) is 12.2 Å². The number of hydrogen-bond donors (Lipinski definition) is 0. The normalized spacial score (nSPS) is 31.9. The van der Waals surface area contributed by atoms with Crippen molar-refractivity contribution in [3.05, 3.63) is 12.2 Å². The average Bonchev–Trinajstić information content (AvgIpc) is 2.97. The third-order valence-corrected chi connectivity index (χ3v) is 4.27. The van der Waals surface area contributed by atoms with E-state index in [1.165, 1.54) is 0 Å². The standard InChI is InChI=1S/C16H26O3/c1-5-18-11(4)19-16(10(2)3)15(17)14-9-12-6-7-13(14)8-12/h6-7,10-14,16H,5,8-9H2,1-4H3/t11?,12-,13+,14-,16-/m0/s1. The molecule has 0 aromatic heterocycles. The lowest BCUT2D eigenvalue weighted by atomic mass is 9.84. The van der Waals surface area contributed by atoms with E-state index in [0.29, 0.717) is 18.4 Å². The smallest absolute Gasteiger partial charge is 0.165 e. The van der Waals surface area contributed by atoms with Crippen molar-refractivity contribution < 1.29 is 14.3 Å². The maximum atomic E-state index is 12.7. The van der Waals surface area contributed by atoms with Crippen LogP contribution in [0.5, 0.6) is 0 Å². The largest absolute Gasteiger partial charge is 0.353 e. The van der Waals surface area contributed by atoms with Gasteiger partial charge in [0.25, 0.3) is 0 Å². The van der Waals surface area contributed by atoms with Gasteiger partial charge in [0.15, 0.2) is 12.1 Å². The molecular weight excluding hydrogens is 240 g/mol. The number of hydrogen-bond acceptors (Lipinski definition) is 3. The minimum atomic E-state index is -0.334. The summed E-state index contributed by atoms with van der Waals surface area (Å²) in [6, 6.07) is 0. The van der Waals surface area contributed by atoms with Crippen molar-refractivity contribution in [3.63, 3.8) is 0 Å². The zero-order valence-corrected chi connectivity index (χ0v) is 12.5. The molecule has 1 unspecified atom stereocenters. The van der Waals surface area contributed by atoms with Gasteiger partial charge in [-0.25, -0.2) is 0 Å². The molecule has 0 aromatic rings. The first-order chi connectivity index (χ1) is 9.02. The molecule has 0 radical (unpaired) electrons. The van der Waals surface area contributed by atoms with Gasteiger partial charge in [0.1, 0.15) is 6.10 Å². The van der Waals surface area contributed by atoms with E-state index >= 15 is 0 Å². The van der Waals surface area contributed by atoms with Crippen molar-refractivity contribution in [3.8, 4) is 0 Å². The van der Waals surface area contributed by atoms with E-state index in [-0.39, 0.29) is 30.0 Å². The Bertz CT molecular complexity index is 348. The Balaban J connectivity index is 1.98. The molecule has 0 amide bonds. The van der Waals surface area contributed by atoms with Crippen LogP contribution >= 0.6 is 0 Å². The van der Waals surface area contributed by atoms with Gasteiger partial charge in [0.2, 0.25) is 0 Å². The molecule has 0 aromatic carbocycles. The lowest BCUT2D eigenvalue weighted by molar-refractivity contribution is -0.179.